The number of esters is 1. The molecule has 0 amide bonds. The second-order valence-electron chi connectivity index (χ2n) is 2.52. The number of likely N-dealkylation sites (N-methyl/N-ethyl adjacent to an activating group) is 1. The molecule has 0 spiro atoms. The summed E-state index contributed by atoms with van der Waals surface area (Å²) in [5, 5.41) is 5.47. The Morgan fingerprint density at radius 2 is 2.57 bits per heavy atom. The first kappa shape index (κ1) is 10.9. The molecule has 1 aromatic heterocycles. The number of hydrogen-bond donors (Lipinski definition) is 1. The maximum Gasteiger partial charge on any atom is 0.357 e. The van der Waals surface area contributed by atoms with E-state index < -0.39 is 5.97 Å². The van der Waals surface area contributed by atoms with Gasteiger partial charge in [0, 0.05) is 11.9 Å². The van der Waals surface area contributed by atoms with E-state index >= 15 is 0 Å². The van der Waals surface area contributed by atoms with Gasteiger partial charge in [-0.05, 0) is 13.1 Å². The lowest BCUT2D eigenvalue weighted by molar-refractivity contribution is 0.0595. The van der Waals surface area contributed by atoms with Crippen LogP contribution < -0.4 is 5.32 Å². The van der Waals surface area contributed by atoms with Gasteiger partial charge < -0.3 is 10.1 Å². The van der Waals surface area contributed by atoms with Gasteiger partial charge in [-0.2, -0.15) is 0 Å². The molecule has 1 heterocycles. The predicted molar refractivity (Wildman–Crippen MR) is 56.4 cm³/mol. The maximum absolute atomic E-state index is 11.0. The number of methoxy groups -OCH3 is 1. The first-order chi connectivity index (χ1) is 6.77. The van der Waals surface area contributed by atoms with Gasteiger partial charge in [0.25, 0.3) is 0 Å². The van der Waals surface area contributed by atoms with Crippen LogP contribution in [0.2, 0.25) is 0 Å². The molecule has 0 unspecified atom stereocenters. The Bertz CT molecular complexity index is 333. The first-order valence-electron chi connectivity index (χ1n) is 4.13. The number of carbonyl (C=O) groups excluding carboxylic acids is 1. The Morgan fingerprint density at radius 1 is 1.79 bits per heavy atom. The SMILES string of the molecule is CNCC=Cc1nc(C(=O)OC)cs1. The van der Waals surface area contributed by atoms with Gasteiger partial charge in [-0.1, -0.05) is 6.08 Å². The van der Waals surface area contributed by atoms with Crippen molar-refractivity contribution in [3.63, 3.8) is 0 Å². The lowest BCUT2D eigenvalue weighted by Crippen LogP contribution is -2.03. The van der Waals surface area contributed by atoms with E-state index in [9.17, 15) is 4.79 Å². The molecule has 1 rings (SSSR count). The molecule has 4 nitrogen and oxygen atoms in total. The highest BCUT2D eigenvalue weighted by molar-refractivity contribution is 7.10. The Hall–Kier alpha value is -1.20. The summed E-state index contributed by atoms with van der Waals surface area (Å²) in [6.07, 6.45) is 3.81. The fourth-order valence-corrected chi connectivity index (χ4v) is 1.55. The van der Waals surface area contributed by atoms with Crippen molar-refractivity contribution in [3.8, 4) is 0 Å². The highest BCUT2D eigenvalue weighted by atomic mass is 32.1. The van der Waals surface area contributed by atoms with Crippen LogP contribution in [0.25, 0.3) is 6.08 Å². The molecule has 0 fully saturated rings. The van der Waals surface area contributed by atoms with Crippen molar-refractivity contribution in [2.45, 2.75) is 0 Å². The van der Waals surface area contributed by atoms with Crippen molar-refractivity contribution in [1.29, 1.82) is 0 Å². The normalized spacial score (nSPS) is 10.7. The van der Waals surface area contributed by atoms with Crippen molar-refractivity contribution < 1.29 is 9.53 Å². The van der Waals surface area contributed by atoms with Crippen LogP contribution in [-0.4, -0.2) is 31.7 Å². The van der Waals surface area contributed by atoms with Gasteiger partial charge in [0.2, 0.25) is 0 Å². The maximum atomic E-state index is 11.0. The molecule has 5 heteroatoms. The fraction of sp³-hybridized carbons (Fsp3) is 0.333. The minimum atomic E-state index is -0.394. The van der Waals surface area contributed by atoms with Crippen molar-refractivity contribution >= 4 is 23.4 Å². The molecule has 0 aliphatic heterocycles. The number of nitrogens with zero attached hydrogens (tertiary/aromatic N) is 1. The zero-order chi connectivity index (χ0) is 10.4. The molecule has 0 aliphatic carbocycles. The third-order valence-corrected chi connectivity index (χ3v) is 2.31. The quantitative estimate of drug-likeness (QED) is 0.761. The molecular weight excluding hydrogens is 200 g/mol. The van der Waals surface area contributed by atoms with Crippen molar-refractivity contribution in [2.75, 3.05) is 20.7 Å². The lowest BCUT2D eigenvalue weighted by Gasteiger charge is -1.90. The largest absolute Gasteiger partial charge is 0.464 e. The highest BCUT2D eigenvalue weighted by Gasteiger charge is 2.08. The number of nitrogens with one attached hydrogen (secondary N) is 1. The number of aromatic nitrogens is 1. The van der Waals surface area contributed by atoms with Crippen molar-refractivity contribution in [1.82, 2.24) is 10.3 Å². The fourth-order valence-electron chi connectivity index (χ4n) is 0.840. The van der Waals surface area contributed by atoms with E-state index in [1.165, 1.54) is 18.4 Å². The third kappa shape index (κ3) is 2.93. The zero-order valence-corrected chi connectivity index (χ0v) is 8.93. The summed E-state index contributed by atoms with van der Waals surface area (Å²) < 4.78 is 4.54. The summed E-state index contributed by atoms with van der Waals surface area (Å²) >= 11 is 1.42. The minimum Gasteiger partial charge on any atom is -0.464 e. The molecule has 0 bridgehead atoms. The van der Waals surface area contributed by atoms with E-state index in [1.807, 2.05) is 19.2 Å². The van der Waals surface area contributed by atoms with Crippen LogP contribution in [0.3, 0.4) is 0 Å². The molecule has 0 saturated carbocycles. The molecule has 0 radical (unpaired) electrons. The Labute approximate surface area is 86.6 Å². The molecule has 0 atom stereocenters. The zero-order valence-electron chi connectivity index (χ0n) is 8.11. The average Bonchev–Trinajstić information content (AvgIpc) is 2.66. The molecule has 1 N–H and O–H groups in total. The highest BCUT2D eigenvalue weighted by Crippen LogP contribution is 2.11. The van der Waals surface area contributed by atoms with Gasteiger partial charge in [0.1, 0.15) is 5.01 Å². The second kappa shape index (κ2) is 5.51. The monoisotopic (exact) mass is 212 g/mol. The van der Waals surface area contributed by atoms with Crippen LogP contribution in [0, 0.1) is 0 Å². The molecular formula is C9H12N2O2S. The number of ether oxygens (including phenoxy) is 1. The summed E-state index contributed by atoms with van der Waals surface area (Å²) in [6.45, 7) is 0.785. The van der Waals surface area contributed by atoms with E-state index in [0.717, 1.165) is 11.6 Å². The Balaban J connectivity index is 2.63. The van der Waals surface area contributed by atoms with Crippen LogP contribution >= 0.6 is 11.3 Å². The molecule has 0 aromatic carbocycles. The molecule has 14 heavy (non-hydrogen) atoms. The lowest BCUT2D eigenvalue weighted by atomic mass is 10.5. The molecule has 76 valence electrons. The topological polar surface area (TPSA) is 51.2 Å². The summed E-state index contributed by atoms with van der Waals surface area (Å²) in [4.78, 5) is 15.1. The average molecular weight is 212 g/mol. The Kier molecular flexibility index (Phi) is 4.28. The summed E-state index contributed by atoms with van der Waals surface area (Å²) in [6, 6.07) is 0. The molecule has 0 saturated heterocycles. The second-order valence-corrected chi connectivity index (χ2v) is 3.41. The van der Waals surface area contributed by atoms with Crippen LogP contribution in [0.1, 0.15) is 15.5 Å². The first-order valence-corrected chi connectivity index (χ1v) is 5.01. The van der Waals surface area contributed by atoms with Gasteiger partial charge in [0.05, 0.1) is 7.11 Å². The van der Waals surface area contributed by atoms with Gasteiger partial charge in [0.15, 0.2) is 5.69 Å². The summed E-state index contributed by atoms with van der Waals surface area (Å²) in [7, 11) is 3.21. The molecule has 0 aliphatic rings. The summed E-state index contributed by atoms with van der Waals surface area (Å²) in [5.74, 6) is -0.394. The van der Waals surface area contributed by atoms with Crippen molar-refractivity contribution in [3.05, 3.63) is 22.2 Å². The predicted octanol–water partition coefficient (Wildman–Crippen LogP) is 1.16. The van der Waals surface area contributed by atoms with Crippen LogP contribution in [0.15, 0.2) is 11.5 Å². The van der Waals surface area contributed by atoms with Gasteiger partial charge in [-0.25, -0.2) is 9.78 Å². The van der Waals surface area contributed by atoms with E-state index in [1.54, 1.807) is 5.38 Å². The minimum absolute atomic E-state index is 0.363. The number of thiazole rings is 1. The number of carbonyl (C=O) groups is 1. The van der Waals surface area contributed by atoms with Crippen molar-refractivity contribution in [2.24, 2.45) is 0 Å². The van der Waals surface area contributed by atoms with E-state index in [-0.39, 0.29) is 0 Å². The van der Waals surface area contributed by atoms with Crippen LogP contribution in [0.4, 0.5) is 0 Å². The number of hydrogen-bond acceptors (Lipinski definition) is 5. The van der Waals surface area contributed by atoms with E-state index in [2.05, 4.69) is 15.0 Å². The van der Waals surface area contributed by atoms with Gasteiger partial charge >= 0.3 is 5.97 Å². The van der Waals surface area contributed by atoms with E-state index in [0.29, 0.717) is 5.69 Å². The van der Waals surface area contributed by atoms with Gasteiger partial charge in [-0.15, -0.1) is 11.3 Å². The third-order valence-electron chi connectivity index (χ3n) is 1.50. The smallest absolute Gasteiger partial charge is 0.357 e. The standard InChI is InChI=1S/C9H12N2O2S/c1-10-5-3-4-8-11-7(6-14-8)9(12)13-2/h3-4,6,10H,5H2,1-2H3. The van der Waals surface area contributed by atoms with E-state index in [4.69, 9.17) is 0 Å². The number of rotatable bonds is 4. The van der Waals surface area contributed by atoms with Crippen LogP contribution in [0.5, 0.6) is 0 Å². The van der Waals surface area contributed by atoms with Gasteiger partial charge in [-0.3, -0.25) is 0 Å². The van der Waals surface area contributed by atoms with Crippen LogP contribution in [-0.2, 0) is 4.74 Å². The molecule has 1 aromatic rings. The Morgan fingerprint density at radius 3 is 3.21 bits per heavy atom. The summed E-state index contributed by atoms with van der Waals surface area (Å²) in [5.41, 5.74) is 0.363.